The molecule has 9 nitrogen and oxygen atoms in total. The molecule has 4 aromatic rings. The predicted octanol–water partition coefficient (Wildman–Crippen LogP) is 5.52. The van der Waals surface area contributed by atoms with E-state index < -0.39 is 17.9 Å². The summed E-state index contributed by atoms with van der Waals surface area (Å²) in [6, 6.07) is 13.2. The van der Waals surface area contributed by atoms with Crippen LogP contribution in [0.2, 0.25) is 5.02 Å². The summed E-state index contributed by atoms with van der Waals surface area (Å²) >= 11 is 6.20. The maximum Gasteiger partial charge on any atom is 0.326 e. The number of ether oxygens (including phenoxy) is 2. The zero-order valence-electron chi connectivity index (χ0n) is 21.7. The Morgan fingerprint density at radius 2 is 1.85 bits per heavy atom. The van der Waals surface area contributed by atoms with Crippen molar-refractivity contribution in [3.63, 3.8) is 0 Å². The number of benzene rings is 2. The van der Waals surface area contributed by atoms with Crippen molar-refractivity contribution in [2.45, 2.75) is 38.1 Å². The third kappa shape index (κ3) is 5.40. The lowest BCUT2D eigenvalue weighted by Gasteiger charge is -2.27. The number of fused-ring (bicyclic) bond motifs is 1. The normalized spacial score (nSPS) is 14.6. The Balaban J connectivity index is 1.62. The average Bonchev–Trinajstić information content (AvgIpc) is 3.40. The van der Waals surface area contributed by atoms with E-state index in [1.165, 1.54) is 0 Å². The van der Waals surface area contributed by atoms with Gasteiger partial charge in [0.2, 0.25) is 0 Å². The summed E-state index contributed by atoms with van der Waals surface area (Å²) in [6.45, 7) is 0. The highest BCUT2D eigenvalue weighted by molar-refractivity contribution is 6.31. The maximum absolute atomic E-state index is 13.5. The second kappa shape index (κ2) is 11.3. The standard InChI is InChI=1S/C29H29ClN4O5/c1-38-19-9-11-21(26(15-19)39-2)25-16-23(28(35)32-27(29(36)37)17-6-4-3-5-7-17)33-34(25)24-12-13-31-22-14-18(30)8-10-20(22)24/h8-17,27H,3-7H2,1-2H3,(H,32,35)(H,36,37)/t27-/m0/s1. The molecule has 1 aliphatic carbocycles. The van der Waals surface area contributed by atoms with Crippen LogP contribution in [-0.2, 0) is 4.79 Å². The molecule has 1 atom stereocenters. The zero-order chi connectivity index (χ0) is 27.5. The van der Waals surface area contributed by atoms with Gasteiger partial charge in [0.15, 0.2) is 5.69 Å². The second-order valence-corrected chi connectivity index (χ2v) is 10.0. The Hall–Kier alpha value is -4.11. The monoisotopic (exact) mass is 548 g/mol. The average molecular weight is 549 g/mol. The van der Waals surface area contributed by atoms with Gasteiger partial charge >= 0.3 is 5.97 Å². The molecule has 0 aliphatic heterocycles. The molecule has 5 rings (SSSR count). The number of aliphatic carboxylic acids is 1. The molecule has 1 saturated carbocycles. The lowest BCUT2D eigenvalue weighted by molar-refractivity contribution is -0.141. The van der Waals surface area contributed by atoms with Gasteiger partial charge in [0, 0.05) is 28.2 Å². The van der Waals surface area contributed by atoms with E-state index in [0.29, 0.717) is 39.0 Å². The van der Waals surface area contributed by atoms with Crippen molar-refractivity contribution in [3.8, 4) is 28.4 Å². The molecule has 1 amide bonds. The molecule has 2 heterocycles. The van der Waals surface area contributed by atoms with Gasteiger partial charge in [-0.1, -0.05) is 30.9 Å². The smallest absolute Gasteiger partial charge is 0.326 e. The lowest BCUT2D eigenvalue weighted by atomic mass is 9.84. The molecule has 2 aromatic carbocycles. The lowest BCUT2D eigenvalue weighted by Crippen LogP contribution is -2.46. The van der Waals surface area contributed by atoms with Crippen molar-refractivity contribution in [1.82, 2.24) is 20.1 Å². The van der Waals surface area contributed by atoms with E-state index >= 15 is 0 Å². The van der Waals surface area contributed by atoms with Crippen molar-refractivity contribution < 1.29 is 24.2 Å². The van der Waals surface area contributed by atoms with Crippen molar-refractivity contribution in [2.75, 3.05) is 14.2 Å². The van der Waals surface area contributed by atoms with Crippen LogP contribution in [0.1, 0.15) is 42.6 Å². The van der Waals surface area contributed by atoms with Crippen LogP contribution in [0.3, 0.4) is 0 Å². The minimum Gasteiger partial charge on any atom is -0.497 e. The number of carbonyl (C=O) groups excluding carboxylic acids is 1. The third-order valence-electron chi connectivity index (χ3n) is 7.21. The van der Waals surface area contributed by atoms with Gasteiger partial charge in [-0.05, 0) is 61.2 Å². The number of hydrogen-bond donors (Lipinski definition) is 2. The van der Waals surface area contributed by atoms with E-state index in [1.807, 2.05) is 12.1 Å². The van der Waals surface area contributed by atoms with Gasteiger partial charge in [-0.15, -0.1) is 0 Å². The number of aromatic nitrogens is 3. The molecule has 2 aromatic heterocycles. The third-order valence-corrected chi connectivity index (χ3v) is 7.45. The Morgan fingerprint density at radius 1 is 1.05 bits per heavy atom. The van der Waals surface area contributed by atoms with Crippen molar-refractivity contribution in [3.05, 3.63) is 65.4 Å². The van der Waals surface area contributed by atoms with Crippen LogP contribution >= 0.6 is 11.6 Å². The van der Waals surface area contributed by atoms with Gasteiger partial charge in [0.05, 0.1) is 31.1 Å². The molecule has 2 N–H and O–H groups in total. The fourth-order valence-corrected chi connectivity index (χ4v) is 5.40. The first kappa shape index (κ1) is 26.5. The predicted molar refractivity (Wildman–Crippen MR) is 148 cm³/mol. The van der Waals surface area contributed by atoms with E-state index in [4.69, 9.17) is 21.1 Å². The quantitative estimate of drug-likeness (QED) is 0.298. The summed E-state index contributed by atoms with van der Waals surface area (Å²) in [5.74, 6) is -0.571. The molecule has 10 heteroatoms. The first-order valence-corrected chi connectivity index (χ1v) is 13.2. The van der Waals surface area contributed by atoms with E-state index in [-0.39, 0.29) is 11.6 Å². The summed E-state index contributed by atoms with van der Waals surface area (Å²) < 4.78 is 12.7. The Labute approximate surface area is 230 Å². The largest absolute Gasteiger partial charge is 0.497 e. The van der Waals surface area contributed by atoms with Gasteiger partial charge in [-0.25, -0.2) is 9.48 Å². The fraction of sp³-hybridized carbons (Fsp3) is 0.310. The molecule has 39 heavy (non-hydrogen) atoms. The van der Waals surface area contributed by atoms with Crippen molar-refractivity contribution in [1.29, 1.82) is 0 Å². The van der Waals surface area contributed by atoms with E-state index in [2.05, 4.69) is 15.4 Å². The molecule has 1 fully saturated rings. The molecule has 0 bridgehead atoms. The topological polar surface area (TPSA) is 116 Å². The molecule has 0 radical (unpaired) electrons. The number of rotatable bonds is 8. The van der Waals surface area contributed by atoms with E-state index in [9.17, 15) is 14.7 Å². The molecule has 0 saturated heterocycles. The number of nitrogens with zero attached hydrogens (tertiary/aromatic N) is 3. The summed E-state index contributed by atoms with van der Waals surface area (Å²) in [5.41, 5.74) is 2.67. The van der Waals surface area contributed by atoms with Gasteiger partial charge in [-0.2, -0.15) is 5.10 Å². The minimum atomic E-state index is -1.04. The van der Waals surface area contributed by atoms with Crippen LogP contribution < -0.4 is 14.8 Å². The molecule has 1 aliphatic rings. The number of carbonyl (C=O) groups is 2. The van der Waals surface area contributed by atoms with Crippen LogP contribution in [0.15, 0.2) is 54.7 Å². The van der Waals surface area contributed by atoms with Gasteiger partial charge in [0.25, 0.3) is 5.91 Å². The summed E-state index contributed by atoms with van der Waals surface area (Å²) in [6.07, 6.45) is 6.18. The SMILES string of the molecule is COc1ccc(-c2cc(C(=O)N[C@H](C(=O)O)C3CCCCC3)nn2-c2ccnc3cc(Cl)ccc23)c(OC)c1. The Bertz CT molecular complexity index is 1530. The van der Waals surface area contributed by atoms with Crippen LogP contribution in [0.4, 0.5) is 0 Å². The van der Waals surface area contributed by atoms with Crippen LogP contribution in [-0.4, -0.2) is 52.0 Å². The summed E-state index contributed by atoms with van der Waals surface area (Å²) in [7, 11) is 3.12. The highest BCUT2D eigenvalue weighted by Gasteiger charge is 2.32. The molecule has 202 valence electrons. The zero-order valence-corrected chi connectivity index (χ0v) is 22.4. The van der Waals surface area contributed by atoms with Crippen molar-refractivity contribution >= 4 is 34.4 Å². The molecular formula is C29H29ClN4O5. The number of pyridine rings is 1. The van der Waals surface area contributed by atoms with E-state index in [1.54, 1.807) is 61.5 Å². The Kier molecular flexibility index (Phi) is 7.70. The minimum absolute atomic E-state index is 0.0869. The fourth-order valence-electron chi connectivity index (χ4n) is 5.23. The Morgan fingerprint density at radius 3 is 2.56 bits per heavy atom. The number of methoxy groups -OCH3 is 2. The number of carboxylic acids is 1. The summed E-state index contributed by atoms with van der Waals surface area (Å²) in [4.78, 5) is 30.0. The number of halogens is 1. The van der Waals surface area contributed by atoms with Crippen LogP contribution in [0.5, 0.6) is 11.5 Å². The number of amides is 1. The number of nitrogens with one attached hydrogen (secondary N) is 1. The van der Waals surface area contributed by atoms with Crippen LogP contribution in [0.25, 0.3) is 27.8 Å². The van der Waals surface area contributed by atoms with Gasteiger partial charge in [0.1, 0.15) is 17.5 Å². The summed E-state index contributed by atoms with van der Waals surface area (Å²) in [5, 5.41) is 18.6. The molecular weight excluding hydrogens is 520 g/mol. The second-order valence-electron chi connectivity index (χ2n) is 9.57. The molecule has 0 unspecified atom stereocenters. The first-order chi connectivity index (χ1) is 18.9. The van der Waals surface area contributed by atoms with Gasteiger partial charge < -0.3 is 19.9 Å². The maximum atomic E-state index is 13.5. The van der Waals surface area contributed by atoms with E-state index in [0.717, 1.165) is 37.5 Å². The number of carboxylic acid groups (broad SMARTS) is 1. The highest BCUT2D eigenvalue weighted by Crippen LogP contribution is 2.36. The van der Waals surface area contributed by atoms with Gasteiger partial charge in [-0.3, -0.25) is 9.78 Å². The number of hydrogen-bond acceptors (Lipinski definition) is 6. The molecule has 0 spiro atoms. The van der Waals surface area contributed by atoms with Crippen LogP contribution in [0, 0.1) is 5.92 Å². The highest BCUT2D eigenvalue weighted by atomic mass is 35.5. The van der Waals surface area contributed by atoms with Crippen molar-refractivity contribution in [2.24, 2.45) is 5.92 Å². The first-order valence-electron chi connectivity index (χ1n) is 12.8.